The SMILES string of the molecule is COc1ccc(CCN2CCN(c3nc4ccccc4o3)CC2)cc1. The van der Waals surface area contributed by atoms with Crippen LogP contribution in [0, 0.1) is 0 Å². The van der Waals surface area contributed by atoms with E-state index in [-0.39, 0.29) is 0 Å². The van der Waals surface area contributed by atoms with Gasteiger partial charge in [0.15, 0.2) is 5.58 Å². The highest BCUT2D eigenvalue weighted by Gasteiger charge is 2.20. The molecule has 1 aliphatic heterocycles. The Morgan fingerprint density at radius 3 is 2.48 bits per heavy atom. The van der Waals surface area contributed by atoms with Gasteiger partial charge in [0.25, 0.3) is 6.01 Å². The molecule has 5 heteroatoms. The summed E-state index contributed by atoms with van der Waals surface area (Å²) < 4.78 is 11.1. The average molecular weight is 337 g/mol. The third kappa shape index (κ3) is 3.61. The van der Waals surface area contributed by atoms with Gasteiger partial charge in [-0.3, -0.25) is 4.90 Å². The number of rotatable bonds is 5. The van der Waals surface area contributed by atoms with E-state index in [0.717, 1.165) is 62.0 Å². The Kier molecular flexibility index (Phi) is 4.57. The van der Waals surface area contributed by atoms with Crippen molar-refractivity contribution in [1.29, 1.82) is 0 Å². The maximum Gasteiger partial charge on any atom is 0.298 e. The van der Waals surface area contributed by atoms with E-state index in [1.807, 2.05) is 36.4 Å². The predicted molar refractivity (Wildman–Crippen MR) is 99.4 cm³/mol. The molecule has 2 heterocycles. The lowest BCUT2D eigenvalue weighted by molar-refractivity contribution is 0.256. The highest BCUT2D eigenvalue weighted by atomic mass is 16.5. The second-order valence-electron chi connectivity index (χ2n) is 6.39. The first-order valence-corrected chi connectivity index (χ1v) is 8.77. The summed E-state index contributed by atoms with van der Waals surface area (Å²) in [4.78, 5) is 9.34. The zero-order valence-electron chi connectivity index (χ0n) is 14.5. The second kappa shape index (κ2) is 7.15. The van der Waals surface area contributed by atoms with Crippen LogP contribution in [0.15, 0.2) is 52.9 Å². The van der Waals surface area contributed by atoms with E-state index in [1.165, 1.54) is 5.56 Å². The summed E-state index contributed by atoms with van der Waals surface area (Å²) in [5, 5.41) is 0. The highest BCUT2D eigenvalue weighted by Crippen LogP contribution is 2.22. The van der Waals surface area contributed by atoms with E-state index < -0.39 is 0 Å². The fraction of sp³-hybridized carbons (Fsp3) is 0.350. The molecule has 1 fully saturated rings. The Morgan fingerprint density at radius 2 is 1.76 bits per heavy atom. The van der Waals surface area contributed by atoms with E-state index in [9.17, 15) is 0 Å². The summed E-state index contributed by atoms with van der Waals surface area (Å²) >= 11 is 0. The maximum absolute atomic E-state index is 5.88. The molecule has 0 N–H and O–H groups in total. The fourth-order valence-electron chi connectivity index (χ4n) is 3.24. The molecule has 1 aromatic heterocycles. The van der Waals surface area contributed by atoms with E-state index in [0.29, 0.717) is 0 Å². The fourth-order valence-corrected chi connectivity index (χ4v) is 3.24. The van der Waals surface area contributed by atoms with Crippen molar-refractivity contribution in [1.82, 2.24) is 9.88 Å². The first-order valence-electron chi connectivity index (χ1n) is 8.77. The zero-order valence-corrected chi connectivity index (χ0v) is 14.5. The Hall–Kier alpha value is -2.53. The Balaban J connectivity index is 1.30. The number of nitrogens with zero attached hydrogens (tertiary/aromatic N) is 3. The molecule has 1 aliphatic rings. The molecule has 130 valence electrons. The van der Waals surface area contributed by atoms with Crippen molar-refractivity contribution in [3.05, 3.63) is 54.1 Å². The lowest BCUT2D eigenvalue weighted by Gasteiger charge is -2.33. The number of fused-ring (bicyclic) bond motifs is 1. The van der Waals surface area contributed by atoms with Gasteiger partial charge in [0, 0.05) is 32.7 Å². The van der Waals surface area contributed by atoms with Gasteiger partial charge in [-0.05, 0) is 36.2 Å². The predicted octanol–water partition coefficient (Wildman–Crippen LogP) is 3.20. The van der Waals surface area contributed by atoms with Crippen molar-refractivity contribution >= 4 is 17.1 Å². The van der Waals surface area contributed by atoms with Crippen LogP contribution in [0.3, 0.4) is 0 Å². The Bertz CT molecular complexity index is 787. The number of para-hydroxylation sites is 2. The molecule has 0 unspecified atom stereocenters. The van der Waals surface area contributed by atoms with Gasteiger partial charge in [0.1, 0.15) is 11.3 Å². The molecule has 3 aromatic rings. The van der Waals surface area contributed by atoms with E-state index in [4.69, 9.17) is 9.15 Å². The van der Waals surface area contributed by atoms with E-state index in [1.54, 1.807) is 7.11 Å². The molecule has 4 rings (SSSR count). The van der Waals surface area contributed by atoms with Crippen molar-refractivity contribution in [2.75, 3.05) is 44.7 Å². The van der Waals surface area contributed by atoms with Crippen LogP contribution >= 0.6 is 0 Å². The summed E-state index contributed by atoms with van der Waals surface area (Å²) in [6.45, 7) is 5.06. The lowest BCUT2D eigenvalue weighted by Crippen LogP contribution is -2.47. The summed E-state index contributed by atoms with van der Waals surface area (Å²) in [6, 6.07) is 17.0. The number of hydrogen-bond acceptors (Lipinski definition) is 5. The molecular weight excluding hydrogens is 314 g/mol. The minimum absolute atomic E-state index is 0.746. The number of aromatic nitrogens is 1. The number of oxazole rings is 1. The van der Waals surface area contributed by atoms with Crippen LogP contribution in [-0.4, -0.2) is 49.7 Å². The minimum Gasteiger partial charge on any atom is -0.497 e. The quantitative estimate of drug-likeness (QED) is 0.715. The maximum atomic E-state index is 5.88. The van der Waals surface area contributed by atoms with E-state index in [2.05, 4.69) is 26.9 Å². The van der Waals surface area contributed by atoms with Crippen molar-refractivity contribution in [2.24, 2.45) is 0 Å². The minimum atomic E-state index is 0.746. The molecule has 5 nitrogen and oxygen atoms in total. The van der Waals surface area contributed by atoms with Crippen LogP contribution in [0.5, 0.6) is 5.75 Å². The Labute approximate surface area is 147 Å². The van der Waals surface area contributed by atoms with Gasteiger partial charge in [-0.25, -0.2) is 0 Å². The van der Waals surface area contributed by atoms with E-state index >= 15 is 0 Å². The van der Waals surface area contributed by atoms with Crippen molar-refractivity contribution in [3.8, 4) is 5.75 Å². The van der Waals surface area contributed by atoms with Gasteiger partial charge in [-0.1, -0.05) is 24.3 Å². The topological polar surface area (TPSA) is 41.7 Å². The standard InChI is InChI=1S/C20H23N3O2/c1-24-17-8-6-16(7-9-17)10-11-22-12-14-23(15-13-22)20-21-18-4-2-3-5-19(18)25-20/h2-9H,10-15H2,1H3. The van der Waals surface area contributed by atoms with Crippen LogP contribution in [0.2, 0.25) is 0 Å². The van der Waals surface area contributed by atoms with Crippen molar-refractivity contribution in [3.63, 3.8) is 0 Å². The van der Waals surface area contributed by atoms with Crippen molar-refractivity contribution < 1.29 is 9.15 Å². The molecule has 0 spiro atoms. The van der Waals surface area contributed by atoms with Gasteiger partial charge >= 0.3 is 0 Å². The van der Waals surface area contributed by atoms with Crippen LogP contribution < -0.4 is 9.64 Å². The van der Waals surface area contributed by atoms with Gasteiger partial charge in [-0.2, -0.15) is 4.98 Å². The first-order chi connectivity index (χ1) is 12.3. The van der Waals surface area contributed by atoms with Crippen LogP contribution in [0.1, 0.15) is 5.56 Å². The second-order valence-corrected chi connectivity index (χ2v) is 6.39. The normalized spacial score (nSPS) is 15.6. The monoisotopic (exact) mass is 337 g/mol. The molecule has 0 saturated carbocycles. The number of ether oxygens (including phenoxy) is 1. The number of hydrogen-bond donors (Lipinski definition) is 0. The third-order valence-electron chi connectivity index (χ3n) is 4.80. The number of anilines is 1. The number of benzene rings is 2. The molecule has 0 aliphatic carbocycles. The smallest absolute Gasteiger partial charge is 0.298 e. The molecule has 0 amide bonds. The molecule has 25 heavy (non-hydrogen) atoms. The third-order valence-corrected chi connectivity index (χ3v) is 4.80. The van der Waals surface area contributed by atoms with Gasteiger partial charge in [0.05, 0.1) is 7.11 Å². The molecule has 0 radical (unpaired) electrons. The number of piperazine rings is 1. The molecule has 2 aromatic carbocycles. The highest BCUT2D eigenvalue weighted by molar-refractivity contribution is 5.74. The first kappa shape index (κ1) is 16.0. The van der Waals surface area contributed by atoms with Crippen LogP contribution in [0.25, 0.3) is 11.1 Å². The summed E-state index contributed by atoms with van der Waals surface area (Å²) in [5.41, 5.74) is 3.14. The zero-order chi connectivity index (χ0) is 17.1. The molecular formula is C20H23N3O2. The van der Waals surface area contributed by atoms with Crippen LogP contribution in [0.4, 0.5) is 6.01 Å². The summed E-state index contributed by atoms with van der Waals surface area (Å²) in [6.07, 6.45) is 1.06. The number of methoxy groups -OCH3 is 1. The Morgan fingerprint density at radius 1 is 1.00 bits per heavy atom. The van der Waals surface area contributed by atoms with Gasteiger partial charge in [0.2, 0.25) is 0 Å². The molecule has 0 bridgehead atoms. The molecule has 0 atom stereocenters. The van der Waals surface area contributed by atoms with Crippen LogP contribution in [-0.2, 0) is 6.42 Å². The largest absolute Gasteiger partial charge is 0.497 e. The summed E-state index contributed by atoms with van der Waals surface area (Å²) in [5.74, 6) is 0.913. The lowest BCUT2D eigenvalue weighted by atomic mass is 10.1. The van der Waals surface area contributed by atoms with Gasteiger partial charge in [-0.15, -0.1) is 0 Å². The average Bonchev–Trinajstić information content (AvgIpc) is 3.11. The molecule has 1 saturated heterocycles. The summed E-state index contributed by atoms with van der Waals surface area (Å²) in [7, 11) is 1.70. The van der Waals surface area contributed by atoms with Crippen molar-refractivity contribution in [2.45, 2.75) is 6.42 Å². The van der Waals surface area contributed by atoms with Gasteiger partial charge < -0.3 is 14.1 Å².